The molecule has 0 aromatic carbocycles. The topological polar surface area (TPSA) is 29.3 Å². The van der Waals surface area contributed by atoms with Crippen LogP contribution in [-0.2, 0) is 0 Å². The Bertz CT molecular complexity index is 113. The minimum atomic E-state index is 0.202. The summed E-state index contributed by atoms with van der Waals surface area (Å²) in [4.78, 5) is 2.31. The predicted molar refractivity (Wildman–Crippen MR) is 50.6 cm³/mol. The van der Waals surface area contributed by atoms with Crippen LogP contribution in [0.5, 0.6) is 0 Å². The van der Waals surface area contributed by atoms with Crippen molar-refractivity contribution in [2.24, 2.45) is 5.73 Å². The molecule has 0 amide bonds. The van der Waals surface area contributed by atoms with Crippen molar-refractivity contribution in [1.82, 2.24) is 4.90 Å². The van der Waals surface area contributed by atoms with Crippen molar-refractivity contribution in [1.29, 1.82) is 0 Å². The molecule has 0 heterocycles. The fourth-order valence-corrected chi connectivity index (χ4v) is 1.01. The number of hydrogen-bond acceptors (Lipinski definition) is 2. The molecule has 0 rings (SSSR count). The summed E-state index contributed by atoms with van der Waals surface area (Å²) in [6, 6.07) is 0. The van der Waals surface area contributed by atoms with E-state index >= 15 is 0 Å². The summed E-state index contributed by atoms with van der Waals surface area (Å²) in [7, 11) is 0. The SMILES string of the molecule is C=CCN(CCN)C(C)(C)C. The molecule has 2 heteroatoms. The van der Waals surface area contributed by atoms with Crippen molar-refractivity contribution in [2.45, 2.75) is 26.3 Å². The van der Waals surface area contributed by atoms with E-state index in [1.807, 2.05) is 6.08 Å². The lowest BCUT2D eigenvalue weighted by Gasteiger charge is -2.34. The molecule has 0 aliphatic carbocycles. The minimum absolute atomic E-state index is 0.202. The van der Waals surface area contributed by atoms with Gasteiger partial charge in [-0.05, 0) is 20.8 Å². The van der Waals surface area contributed by atoms with Gasteiger partial charge in [-0.2, -0.15) is 0 Å². The second-order valence-corrected chi connectivity index (χ2v) is 3.69. The third-order valence-corrected chi connectivity index (χ3v) is 1.70. The molecule has 0 bridgehead atoms. The van der Waals surface area contributed by atoms with Crippen LogP contribution in [0.15, 0.2) is 12.7 Å². The van der Waals surface area contributed by atoms with E-state index in [1.165, 1.54) is 0 Å². The van der Waals surface area contributed by atoms with Crippen LogP contribution in [0.3, 0.4) is 0 Å². The third-order valence-electron chi connectivity index (χ3n) is 1.70. The maximum absolute atomic E-state index is 5.48. The molecule has 66 valence electrons. The normalized spacial score (nSPS) is 12.1. The quantitative estimate of drug-likeness (QED) is 0.620. The zero-order valence-corrected chi connectivity index (χ0v) is 7.93. The van der Waals surface area contributed by atoms with Crippen LogP contribution in [0, 0.1) is 0 Å². The lowest BCUT2D eigenvalue weighted by atomic mass is 10.1. The molecule has 2 N–H and O–H groups in total. The second-order valence-electron chi connectivity index (χ2n) is 3.69. The van der Waals surface area contributed by atoms with Gasteiger partial charge in [0.1, 0.15) is 0 Å². The molecule has 0 fully saturated rings. The Balaban J connectivity index is 3.97. The molecule has 0 saturated heterocycles. The molecule has 11 heavy (non-hydrogen) atoms. The molecule has 0 radical (unpaired) electrons. The Morgan fingerprint density at radius 3 is 2.27 bits per heavy atom. The van der Waals surface area contributed by atoms with Crippen LogP contribution in [0.4, 0.5) is 0 Å². The largest absolute Gasteiger partial charge is 0.329 e. The first-order valence-electron chi connectivity index (χ1n) is 4.08. The number of nitrogens with zero attached hydrogens (tertiary/aromatic N) is 1. The van der Waals surface area contributed by atoms with Gasteiger partial charge in [0.15, 0.2) is 0 Å². The maximum atomic E-state index is 5.48. The van der Waals surface area contributed by atoms with E-state index in [-0.39, 0.29) is 5.54 Å². The van der Waals surface area contributed by atoms with Crippen LogP contribution in [0.2, 0.25) is 0 Å². The average molecular weight is 156 g/mol. The Labute approximate surface area is 70.1 Å². The highest BCUT2D eigenvalue weighted by Gasteiger charge is 2.18. The highest BCUT2D eigenvalue weighted by molar-refractivity contribution is 4.82. The van der Waals surface area contributed by atoms with Gasteiger partial charge in [0.25, 0.3) is 0 Å². The van der Waals surface area contributed by atoms with Crippen LogP contribution in [0.1, 0.15) is 20.8 Å². The van der Waals surface area contributed by atoms with Crippen molar-refractivity contribution in [3.8, 4) is 0 Å². The summed E-state index contributed by atoms with van der Waals surface area (Å²) in [6.45, 7) is 12.8. The Kier molecular flexibility index (Phi) is 4.38. The zero-order chi connectivity index (χ0) is 8.91. The highest BCUT2D eigenvalue weighted by atomic mass is 15.2. The fourth-order valence-electron chi connectivity index (χ4n) is 1.01. The van der Waals surface area contributed by atoms with Crippen LogP contribution in [-0.4, -0.2) is 30.1 Å². The van der Waals surface area contributed by atoms with Crippen molar-refractivity contribution < 1.29 is 0 Å². The summed E-state index contributed by atoms with van der Waals surface area (Å²) in [6.07, 6.45) is 1.92. The van der Waals surface area contributed by atoms with E-state index in [9.17, 15) is 0 Å². The first-order chi connectivity index (χ1) is 5.02. The minimum Gasteiger partial charge on any atom is -0.329 e. The van der Waals surface area contributed by atoms with Gasteiger partial charge < -0.3 is 5.73 Å². The molecular weight excluding hydrogens is 136 g/mol. The summed E-state index contributed by atoms with van der Waals surface area (Å²) < 4.78 is 0. The second kappa shape index (κ2) is 4.52. The number of nitrogens with two attached hydrogens (primary N) is 1. The summed E-state index contributed by atoms with van der Waals surface area (Å²) in [5.74, 6) is 0. The van der Waals surface area contributed by atoms with Crippen molar-refractivity contribution in [3.05, 3.63) is 12.7 Å². The number of hydrogen-bond donors (Lipinski definition) is 1. The molecule has 2 nitrogen and oxygen atoms in total. The highest BCUT2D eigenvalue weighted by Crippen LogP contribution is 2.11. The Morgan fingerprint density at radius 1 is 1.45 bits per heavy atom. The smallest absolute Gasteiger partial charge is 0.0166 e. The summed E-state index contributed by atoms with van der Waals surface area (Å²) in [5, 5.41) is 0. The van der Waals surface area contributed by atoms with E-state index in [0.29, 0.717) is 6.54 Å². The van der Waals surface area contributed by atoms with E-state index < -0.39 is 0 Å². The number of rotatable bonds is 4. The molecule has 0 aromatic rings. The van der Waals surface area contributed by atoms with Gasteiger partial charge in [-0.1, -0.05) is 6.08 Å². The molecule has 0 aromatic heterocycles. The first kappa shape index (κ1) is 10.7. The van der Waals surface area contributed by atoms with E-state index in [2.05, 4.69) is 32.3 Å². The Hall–Kier alpha value is -0.340. The van der Waals surface area contributed by atoms with Crippen LogP contribution < -0.4 is 5.73 Å². The molecule has 0 aliphatic rings. The molecule has 0 saturated carbocycles. The monoisotopic (exact) mass is 156 g/mol. The summed E-state index contributed by atoms with van der Waals surface area (Å²) >= 11 is 0. The molecule has 0 atom stereocenters. The fraction of sp³-hybridized carbons (Fsp3) is 0.778. The predicted octanol–water partition coefficient (Wildman–Crippen LogP) is 1.23. The van der Waals surface area contributed by atoms with Crippen molar-refractivity contribution in [2.75, 3.05) is 19.6 Å². The van der Waals surface area contributed by atoms with E-state index in [1.54, 1.807) is 0 Å². The maximum Gasteiger partial charge on any atom is 0.0166 e. The first-order valence-corrected chi connectivity index (χ1v) is 4.08. The average Bonchev–Trinajstić information content (AvgIpc) is 1.85. The molecule has 0 spiro atoms. The lowest BCUT2D eigenvalue weighted by molar-refractivity contribution is 0.159. The van der Waals surface area contributed by atoms with Gasteiger partial charge in [0.05, 0.1) is 0 Å². The van der Waals surface area contributed by atoms with Gasteiger partial charge in [-0.15, -0.1) is 6.58 Å². The van der Waals surface area contributed by atoms with Gasteiger partial charge in [-0.3, -0.25) is 4.90 Å². The van der Waals surface area contributed by atoms with Gasteiger partial charge >= 0.3 is 0 Å². The molecule has 0 aliphatic heterocycles. The van der Waals surface area contributed by atoms with Gasteiger partial charge in [0.2, 0.25) is 0 Å². The summed E-state index contributed by atoms with van der Waals surface area (Å²) in [5.41, 5.74) is 5.68. The third kappa shape index (κ3) is 4.17. The standard InChI is InChI=1S/C9H20N2/c1-5-7-11(8-6-10)9(2,3)4/h5H,1,6-8,10H2,2-4H3. The van der Waals surface area contributed by atoms with Crippen LogP contribution >= 0.6 is 0 Å². The van der Waals surface area contributed by atoms with E-state index in [0.717, 1.165) is 13.1 Å². The van der Waals surface area contributed by atoms with Gasteiger partial charge in [0, 0.05) is 25.2 Å². The molecular formula is C9H20N2. The zero-order valence-electron chi connectivity index (χ0n) is 7.93. The molecule has 0 unspecified atom stereocenters. The van der Waals surface area contributed by atoms with Crippen LogP contribution in [0.25, 0.3) is 0 Å². The Morgan fingerprint density at radius 2 is 2.00 bits per heavy atom. The van der Waals surface area contributed by atoms with Gasteiger partial charge in [-0.25, -0.2) is 0 Å². The van der Waals surface area contributed by atoms with Crippen molar-refractivity contribution >= 4 is 0 Å². The van der Waals surface area contributed by atoms with E-state index in [4.69, 9.17) is 5.73 Å². The lowest BCUT2D eigenvalue weighted by Crippen LogP contribution is -2.44. The van der Waals surface area contributed by atoms with Crippen molar-refractivity contribution in [3.63, 3.8) is 0 Å².